The number of amides is 2. The van der Waals surface area contributed by atoms with E-state index in [9.17, 15) is 27.6 Å². The molecule has 1 aliphatic rings. The minimum atomic E-state index is -4.51. The van der Waals surface area contributed by atoms with Gasteiger partial charge in [0, 0.05) is 6.54 Å². The van der Waals surface area contributed by atoms with Crippen LogP contribution in [0.3, 0.4) is 0 Å². The highest BCUT2D eigenvalue weighted by atomic mass is 19.4. The van der Waals surface area contributed by atoms with Crippen molar-refractivity contribution in [3.05, 3.63) is 23.7 Å². The number of hydrogen-bond acceptors (Lipinski definition) is 4. The third kappa shape index (κ3) is 3.57. The highest BCUT2D eigenvalue weighted by Crippen LogP contribution is 2.21. The molecule has 1 atom stereocenters. The monoisotopic (exact) mass is 320 g/mol. The van der Waals surface area contributed by atoms with E-state index in [0.29, 0.717) is 4.90 Å². The molecule has 22 heavy (non-hydrogen) atoms. The molecule has 1 aliphatic heterocycles. The van der Waals surface area contributed by atoms with Crippen molar-refractivity contribution in [3.63, 3.8) is 0 Å². The fourth-order valence-electron chi connectivity index (χ4n) is 2.05. The second-order valence-corrected chi connectivity index (χ2v) is 4.66. The van der Waals surface area contributed by atoms with Gasteiger partial charge >= 0.3 is 12.1 Å². The van der Waals surface area contributed by atoms with Crippen molar-refractivity contribution < 1.29 is 37.1 Å². The van der Waals surface area contributed by atoms with E-state index in [1.54, 1.807) is 0 Å². The standard InChI is InChI=1S/C12H11F3N2O5/c13-12(14,15)5-17-4-3-6(10(17)19)16-9(18)7-1-2-8(22-7)11(20)21/h1-2,6H,3-5H2,(H,16,18)(H,20,21)/t6-/m0/s1. The summed E-state index contributed by atoms with van der Waals surface area (Å²) in [4.78, 5) is 34.8. The first-order valence-corrected chi connectivity index (χ1v) is 6.17. The number of likely N-dealkylation sites (tertiary alicyclic amines) is 1. The van der Waals surface area contributed by atoms with E-state index in [1.165, 1.54) is 0 Å². The second kappa shape index (κ2) is 5.70. The summed E-state index contributed by atoms with van der Waals surface area (Å²) in [6.07, 6.45) is -4.47. The average molecular weight is 320 g/mol. The zero-order chi connectivity index (χ0) is 16.5. The smallest absolute Gasteiger partial charge is 0.406 e. The Balaban J connectivity index is 1.97. The number of carboxylic acid groups (broad SMARTS) is 1. The van der Waals surface area contributed by atoms with Gasteiger partial charge in [-0.2, -0.15) is 13.2 Å². The minimum Gasteiger partial charge on any atom is -0.475 e. The molecule has 0 bridgehead atoms. The van der Waals surface area contributed by atoms with Gasteiger partial charge in [0.1, 0.15) is 12.6 Å². The largest absolute Gasteiger partial charge is 0.475 e. The molecule has 2 N–H and O–H groups in total. The summed E-state index contributed by atoms with van der Waals surface area (Å²) in [6, 6.07) is 1.07. The van der Waals surface area contributed by atoms with Crippen LogP contribution in [0, 0.1) is 0 Å². The molecule has 1 fully saturated rings. The molecule has 7 nitrogen and oxygen atoms in total. The van der Waals surface area contributed by atoms with Gasteiger partial charge in [-0.15, -0.1) is 0 Å². The third-order valence-corrected chi connectivity index (χ3v) is 3.01. The van der Waals surface area contributed by atoms with E-state index in [4.69, 9.17) is 9.52 Å². The first-order chi connectivity index (χ1) is 10.2. The van der Waals surface area contributed by atoms with Gasteiger partial charge in [0.25, 0.3) is 5.91 Å². The van der Waals surface area contributed by atoms with E-state index in [-0.39, 0.29) is 18.7 Å². The Kier molecular flexibility index (Phi) is 4.11. The summed E-state index contributed by atoms with van der Waals surface area (Å²) >= 11 is 0. The second-order valence-electron chi connectivity index (χ2n) is 4.66. The van der Waals surface area contributed by atoms with Crippen LogP contribution in [0.15, 0.2) is 16.5 Å². The van der Waals surface area contributed by atoms with E-state index in [1.807, 2.05) is 0 Å². The summed E-state index contributed by atoms with van der Waals surface area (Å²) in [5.41, 5.74) is 0. The molecule has 10 heteroatoms. The van der Waals surface area contributed by atoms with Gasteiger partial charge in [0.05, 0.1) is 0 Å². The number of carboxylic acids is 1. The molecule has 120 valence electrons. The van der Waals surface area contributed by atoms with Crippen molar-refractivity contribution in [1.29, 1.82) is 0 Å². The molecular formula is C12H11F3N2O5. The first kappa shape index (κ1) is 15.9. The lowest BCUT2D eigenvalue weighted by Gasteiger charge is -2.18. The molecular weight excluding hydrogens is 309 g/mol. The van der Waals surface area contributed by atoms with E-state index >= 15 is 0 Å². The number of alkyl halides is 3. The molecule has 0 aromatic carbocycles. The van der Waals surface area contributed by atoms with E-state index in [0.717, 1.165) is 12.1 Å². The van der Waals surface area contributed by atoms with Crippen molar-refractivity contribution in [2.45, 2.75) is 18.6 Å². The van der Waals surface area contributed by atoms with Gasteiger partial charge in [-0.1, -0.05) is 0 Å². The summed E-state index contributed by atoms with van der Waals surface area (Å²) in [7, 11) is 0. The predicted molar refractivity (Wildman–Crippen MR) is 64.2 cm³/mol. The molecule has 0 aliphatic carbocycles. The SMILES string of the molecule is O=C(O)c1ccc(C(=O)N[C@H]2CCN(CC(F)(F)F)C2=O)o1. The molecule has 0 saturated carbocycles. The molecule has 1 aromatic rings. The Morgan fingerprint density at radius 1 is 1.36 bits per heavy atom. The van der Waals surface area contributed by atoms with Crippen molar-refractivity contribution >= 4 is 17.8 Å². The Hall–Kier alpha value is -2.52. The van der Waals surface area contributed by atoms with Crippen LogP contribution < -0.4 is 5.32 Å². The Labute approximate surface area is 121 Å². The molecule has 2 amide bonds. The number of rotatable bonds is 4. The van der Waals surface area contributed by atoms with Crippen molar-refractivity contribution in [3.8, 4) is 0 Å². The number of carbonyl (C=O) groups is 3. The quantitative estimate of drug-likeness (QED) is 0.857. The van der Waals surface area contributed by atoms with Gasteiger partial charge in [-0.3, -0.25) is 9.59 Å². The summed E-state index contributed by atoms with van der Waals surface area (Å²) in [6.45, 7) is -1.50. The van der Waals surface area contributed by atoms with Gasteiger partial charge in [0.2, 0.25) is 11.7 Å². The van der Waals surface area contributed by atoms with Crippen LogP contribution in [-0.2, 0) is 4.79 Å². The highest BCUT2D eigenvalue weighted by Gasteiger charge is 2.40. The zero-order valence-electron chi connectivity index (χ0n) is 11.0. The van der Waals surface area contributed by atoms with Crippen molar-refractivity contribution in [1.82, 2.24) is 10.2 Å². The average Bonchev–Trinajstić information content (AvgIpc) is 2.99. The highest BCUT2D eigenvalue weighted by molar-refractivity contribution is 5.97. The van der Waals surface area contributed by atoms with Gasteiger partial charge in [0.15, 0.2) is 5.76 Å². The van der Waals surface area contributed by atoms with Crippen LogP contribution in [0.4, 0.5) is 13.2 Å². The minimum absolute atomic E-state index is 0.0349. The lowest BCUT2D eigenvalue weighted by Crippen LogP contribution is -2.43. The van der Waals surface area contributed by atoms with Crippen LogP contribution in [0.1, 0.15) is 27.5 Å². The normalized spacial score (nSPS) is 18.6. The predicted octanol–water partition coefficient (Wildman–Crippen LogP) is 0.871. The maximum absolute atomic E-state index is 12.3. The van der Waals surface area contributed by atoms with Gasteiger partial charge in [-0.25, -0.2) is 4.79 Å². The Morgan fingerprint density at radius 3 is 2.55 bits per heavy atom. The van der Waals surface area contributed by atoms with E-state index < -0.39 is 42.3 Å². The lowest BCUT2D eigenvalue weighted by molar-refractivity contribution is -0.157. The zero-order valence-corrected chi connectivity index (χ0v) is 11.0. The Bertz CT molecular complexity index is 610. The maximum Gasteiger partial charge on any atom is 0.406 e. The van der Waals surface area contributed by atoms with Crippen LogP contribution in [-0.4, -0.2) is 53.1 Å². The van der Waals surface area contributed by atoms with Crippen LogP contribution in [0.25, 0.3) is 0 Å². The molecule has 0 spiro atoms. The maximum atomic E-state index is 12.3. The number of furan rings is 1. The molecule has 1 aromatic heterocycles. The molecule has 0 radical (unpaired) electrons. The number of aromatic carboxylic acids is 1. The van der Waals surface area contributed by atoms with Crippen molar-refractivity contribution in [2.24, 2.45) is 0 Å². The van der Waals surface area contributed by atoms with Crippen LogP contribution in [0.2, 0.25) is 0 Å². The number of hydrogen-bond donors (Lipinski definition) is 2. The third-order valence-electron chi connectivity index (χ3n) is 3.01. The summed E-state index contributed by atoms with van der Waals surface area (Å²) in [5.74, 6) is -3.86. The first-order valence-electron chi connectivity index (χ1n) is 6.17. The molecule has 2 heterocycles. The number of carbonyl (C=O) groups excluding carboxylic acids is 2. The van der Waals surface area contributed by atoms with E-state index in [2.05, 4.69) is 5.32 Å². The fraction of sp³-hybridized carbons (Fsp3) is 0.417. The molecule has 2 rings (SSSR count). The fourth-order valence-corrected chi connectivity index (χ4v) is 2.05. The summed E-state index contributed by atoms with van der Waals surface area (Å²) < 4.78 is 41.5. The number of halogens is 3. The summed E-state index contributed by atoms with van der Waals surface area (Å²) in [5, 5.41) is 10.9. The van der Waals surface area contributed by atoms with Gasteiger partial charge in [-0.05, 0) is 18.6 Å². The number of nitrogens with one attached hydrogen (secondary N) is 1. The number of nitrogens with zero attached hydrogens (tertiary/aromatic N) is 1. The lowest BCUT2D eigenvalue weighted by atomic mass is 10.2. The topological polar surface area (TPSA) is 99.8 Å². The molecule has 0 unspecified atom stereocenters. The Morgan fingerprint density at radius 2 is 2.00 bits per heavy atom. The van der Waals surface area contributed by atoms with Crippen molar-refractivity contribution in [2.75, 3.05) is 13.1 Å². The van der Waals surface area contributed by atoms with Crippen LogP contribution in [0.5, 0.6) is 0 Å². The van der Waals surface area contributed by atoms with Gasteiger partial charge < -0.3 is 19.7 Å². The van der Waals surface area contributed by atoms with Crippen LogP contribution >= 0.6 is 0 Å². The molecule has 1 saturated heterocycles.